The molecular weight excluding hydrogens is 434 g/mol. The lowest BCUT2D eigenvalue weighted by Crippen LogP contribution is -2.37. The molecule has 8 heteroatoms. The molecule has 4 rings (SSSR count). The van der Waals surface area contributed by atoms with Crippen LogP contribution in [0.4, 0.5) is 4.79 Å². The van der Waals surface area contributed by atoms with Gasteiger partial charge in [-0.2, -0.15) is 0 Å². The maximum Gasteiger partial charge on any atom is 0.508 e. The molecule has 184 valence electrons. The van der Waals surface area contributed by atoms with E-state index in [4.69, 9.17) is 15.2 Å². The van der Waals surface area contributed by atoms with Gasteiger partial charge >= 0.3 is 12.1 Å². The summed E-state index contributed by atoms with van der Waals surface area (Å²) in [7, 11) is 0. The second-order valence-corrected chi connectivity index (χ2v) is 9.57. The van der Waals surface area contributed by atoms with Crippen molar-refractivity contribution in [2.45, 2.75) is 89.4 Å². The van der Waals surface area contributed by atoms with Gasteiger partial charge in [-0.3, -0.25) is 4.79 Å². The number of benzene rings is 1. The van der Waals surface area contributed by atoms with Crippen LogP contribution in [0.2, 0.25) is 0 Å². The van der Waals surface area contributed by atoms with E-state index < -0.39 is 30.2 Å². The molecule has 34 heavy (non-hydrogen) atoms. The molecule has 0 bridgehead atoms. The van der Waals surface area contributed by atoms with Crippen molar-refractivity contribution in [2.75, 3.05) is 0 Å². The highest BCUT2D eigenvalue weighted by Gasteiger charge is 2.27. The third kappa shape index (κ3) is 5.78. The Bertz CT molecular complexity index is 998. The third-order valence-corrected chi connectivity index (χ3v) is 7.17. The fourth-order valence-electron chi connectivity index (χ4n) is 5.02. The maximum absolute atomic E-state index is 12.1. The maximum atomic E-state index is 12.1. The summed E-state index contributed by atoms with van der Waals surface area (Å²) < 4.78 is 12.9. The van der Waals surface area contributed by atoms with Gasteiger partial charge in [0.15, 0.2) is 0 Å². The average Bonchev–Trinajstić information content (AvgIpc) is 3.25. The van der Waals surface area contributed by atoms with Crippen molar-refractivity contribution in [3.63, 3.8) is 0 Å². The standard InChI is InChI=1S/C26H35N3O5/c1-17(33-26(32)34-20-8-3-2-4-9-20)21(27)13-11-19(25(30)31)15-22-24-14-12-18-7-5-6-10-23(18)29(24)16-28-22/h5-7,10,16-17,19-21H,2-4,8-9,11-15,27H2,1H3,(H,30,31)/t17?,19-,21?/m0/s1. The number of fused-ring (bicyclic) bond motifs is 3. The molecule has 8 nitrogen and oxygen atoms in total. The van der Waals surface area contributed by atoms with E-state index in [0.29, 0.717) is 19.3 Å². The first-order valence-corrected chi connectivity index (χ1v) is 12.4. The number of carbonyl (C=O) groups is 2. The zero-order valence-electron chi connectivity index (χ0n) is 19.8. The summed E-state index contributed by atoms with van der Waals surface area (Å²) in [6, 6.07) is 7.75. The van der Waals surface area contributed by atoms with E-state index in [1.165, 1.54) is 12.0 Å². The topological polar surface area (TPSA) is 117 Å². The molecule has 1 aliphatic carbocycles. The molecule has 1 aromatic carbocycles. The number of rotatable bonds is 9. The van der Waals surface area contributed by atoms with Crippen LogP contribution in [0.25, 0.3) is 5.69 Å². The van der Waals surface area contributed by atoms with E-state index in [1.54, 1.807) is 13.3 Å². The summed E-state index contributed by atoms with van der Waals surface area (Å²) in [4.78, 5) is 28.7. The van der Waals surface area contributed by atoms with Crippen molar-refractivity contribution >= 4 is 12.1 Å². The second kappa shape index (κ2) is 11.0. The van der Waals surface area contributed by atoms with Crippen molar-refractivity contribution < 1.29 is 24.2 Å². The number of nitrogens with zero attached hydrogens (tertiary/aromatic N) is 2. The van der Waals surface area contributed by atoms with Gasteiger partial charge in [0.1, 0.15) is 12.2 Å². The molecule has 2 aliphatic rings. The van der Waals surface area contributed by atoms with Crippen LogP contribution in [-0.2, 0) is 33.5 Å². The van der Waals surface area contributed by atoms with Crippen LogP contribution in [0, 0.1) is 5.92 Å². The van der Waals surface area contributed by atoms with Crippen LogP contribution in [0.5, 0.6) is 0 Å². The van der Waals surface area contributed by atoms with Crippen molar-refractivity contribution in [2.24, 2.45) is 11.7 Å². The molecule has 1 aliphatic heterocycles. The predicted octanol–water partition coefficient (Wildman–Crippen LogP) is 4.20. The van der Waals surface area contributed by atoms with Crippen molar-refractivity contribution in [1.82, 2.24) is 9.55 Å². The Hall–Kier alpha value is -2.87. The van der Waals surface area contributed by atoms with Crippen molar-refractivity contribution in [3.8, 4) is 5.69 Å². The van der Waals surface area contributed by atoms with Crippen LogP contribution in [0.1, 0.15) is 68.8 Å². The van der Waals surface area contributed by atoms with Gasteiger partial charge in [0, 0.05) is 23.8 Å². The third-order valence-electron chi connectivity index (χ3n) is 7.17. The number of aryl methyl sites for hydroxylation is 1. The predicted molar refractivity (Wildman–Crippen MR) is 127 cm³/mol. The van der Waals surface area contributed by atoms with E-state index in [9.17, 15) is 14.7 Å². The van der Waals surface area contributed by atoms with Gasteiger partial charge in [-0.15, -0.1) is 0 Å². The fourth-order valence-corrected chi connectivity index (χ4v) is 5.02. The van der Waals surface area contributed by atoms with Crippen LogP contribution in [0.15, 0.2) is 30.6 Å². The first-order valence-electron chi connectivity index (χ1n) is 12.4. The number of carboxylic acid groups (broad SMARTS) is 1. The van der Waals surface area contributed by atoms with Crippen LogP contribution < -0.4 is 5.73 Å². The van der Waals surface area contributed by atoms with Crippen molar-refractivity contribution in [3.05, 3.63) is 47.5 Å². The molecule has 1 fully saturated rings. The van der Waals surface area contributed by atoms with Gasteiger partial charge in [-0.05, 0) is 69.9 Å². The smallest absolute Gasteiger partial charge is 0.481 e. The monoisotopic (exact) mass is 469 g/mol. The summed E-state index contributed by atoms with van der Waals surface area (Å²) >= 11 is 0. The van der Waals surface area contributed by atoms with E-state index in [2.05, 4.69) is 21.7 Å². The van der Waals surface area contributed by atoms with E-state index in [0.717, 1.165) is 55.6 Å². The number of hydrogen-bond donors (Lipinski definition) is 2. The van der Waals surface area contributed by atoms with E-state index in [-0.39, 0.29) is 6.10 Å². The quantitative estimate of drug-likeness (QED) is 0.529. The SMILES string of the molecule is CC(OC(=O)OC1CCCCC1)C(N)CC[C@@H](Cc1ncn2c1CCc1ccccc1-2)C(=O)O. The van der Waals surface area contributed by atoms with Gasteiger partial charge in [0.2, 0.25) is 0 Å². The lowest BCUT2D eigenvalue weighted by molar-refractivity contribution is -0.142. The van der Waals surface area contributed by atoms with E-state index in [1.807, 2.05) is 12.1 Å². The minimum atomic E-state index is -0.865. The van der Waals surface area contributed by atoms with Gasteiger partial charge in [0.05, 0.1) is 17.9 Å². The molecule has 0 spiro atoms. The summed E-state index contributed by atoms with van der Waals surface area (Å²) in [6.45, 7) is 1.73. The summed E-state index contributed by atoms with van der Waals surface area (Å²) in [5.74, 6) is -1.47. The minimum absolute atomic E-state index is 0.0751. The highest BCUT2D eigenvalue weighted by Crippen LogP contribution is 2.28. The zero-order valence-corrected chi connectivity index (χ0v) is 19.8. The number of para-hydroxylation sites is 1. The lowest BCUT2D eigenvalue weighted by Gasteiger charge is -2.25. The Morgan fingerprint density at radius 2 is 1.94 bits per heavy atom. The normalized spacial score (nSPS) is 18.3. The fraction of sp³-hybridized carbons (Fsp3) is 0.577. The number of nitrogens with two attached hydrogens (primary N) is 1. The summed E-state index contributed by atoms with van der Waals surface area (Å²) in [6.07, 6.45) is 8.45. The molecule has 0 saturated heterocycles. The Morgan fingerprint density at radius 3 is 2.71 bits per heavy atom. The number of carbonyl (C=O) groups excluding carboxylic acids is 1. The summed E-state index contributed by atoms with van der Waals surface area (Å²) in [5, 5.41) is 9.83. The number of carboxylic acids is 1. The lowest BCUT2D eigenvalue weighted by atomic mass is 9.92. The highest BCUT2D eigenvalue weighted by atomic mass is 16.7. The molecule has 2 unspecified atom stereocenters. The number of hydrogen-bond acceptors (Lipinski definition) is 6. The van der Waals surface area contributed by atoms with E-state index >= 15 is 0 Å². The second-order valence-electron chi connectivity index (χ2n) is 9.57. The molecule has 1 aromatic heterocycles. The molecule has 2 heterocycles. The first-order chi connectivity index (χ1) is 16.4. The Morgan fingerprint density at radius 1 is 1.18 bits per heavy atom. The molecule has 0 amide bonds. The Labute approximate surface area is 200 Å². The minimum Gasteiger partial charge on any atom is -0.481 e. The largest absolute Gasteiger partial charge is 0.508 e. The first kappa shape index (κ1) is 24.3. The number of aliphatic carboxylic acids is 1. The molecule has 0 radical (unpaired) electrons. The van der Waals surface area contributed by atoms with Crippen LogP contribution in [-0.4, -0.2) is 45.0 Å². The van der Waals surface area contributed by atoms with Gasteiger partial charge in [-0.1, -0.05) is 24.6 Å². The highest BCUT2D eigenvalue weighted by molar-refractivity contribution is 5.70. The van der Waals surface area contributed by atoms with Crippen LogP contribution >= 0.6 is 0 Å². The summed E-state index contributed by atoms with van der Waals surface area (Å²) in [5.41, 5.74) is 10.5. The molecule has 2 aromatic rings. The van der Waals surface area contributed by atoms with Crippen LogP contribution in [0.3, 0.4) is 0 Å². The average molecular weight is 470 g/mol. The van der Waals surface area contributed by atoms with Gasteiger partial charge in [0.25, 0.3) is 0 Å². The molecule has 3 N–H and O–H groups in total. The molecule has 3 atom stereocenters. The number of imidazole rings is 1. The van der Waals surface area contributed by atoms with Gasteiger partial charge < -0.3 is 24.9 Å². The number of aromatic nitrogens is 2. The number of ether oxygens (including phenoxy) is 2. The zero-order chi connectivity index (χ0) is 24.1. The Kier molecular flexibility index (Phi) is 7.88. The molecule has 1 saturated carbocycles. The molecular formula is C26H35N3O5. The van der Waals surface area contributed by atoms with Crippen molar-refractivity contribution in [1.29, 1.82) is 0 Å². The Balaban J connectivity index is 1.30. The van der Waals surface area contributed by atoms with Gasteiger partial charge in [-0.25, -0.2) is 9.78 Å².